The first-order valence-corrected chi connectivity index (χ1v) is 6.12. The van der Waals surface area contributed by atoms with Crippen molar-refractivity contribution >= 4 is 12.0 Å². The van der Waals surface area contributed by atoms with Gasteiger partial charge in [-0.2, -0.15) is 5.10 Å². The summed E-state index contributed by atoms with van der Waals surface area (Å²) in [6.07, 6.45) is 2.86. The number of hydrogen-bond donors (Lipinski definition) is 4. The number of aromatic nitrogens is 3. The van der Waals surface area contributed by atoms with Gasteiger partial charge in [0.1, 0.15) is 12.2 Å². The number of aromatic amines is 1. The number of nitrogens with zero attached hydrogens (tertiary/aromatic N) is 2. The molecule has 1 heterocycles. The maximum absolute atomic E-state index is 11.5. The van der Waals surface area contributed by atoms with Crippen LogP contribution in [0.3, 0.4) is 0 Å². The number of urea groups is 1. The zero-order valence-electron chi connectivity index (χ0n) is 11.0. The second-order valence-corrected chi connectivity index (χ2v) is 4.35. The fraction of sp³-hybridized carbons (Fsp3) is 0.636. The summed E-state index contributed by atoms with van der Waals surface area (Å²) < 4.78 is 0. The van der Waals surface area contributed by atoms with Gasteiger partial charge in [-0.05, 0) is 20.3 Å². The van der Waals surface area contributed by atoms with Gasteiger partial charge in [-0.15, -0.1) is 0 Å². The van der Waals surface area contributed by atoms with E-state index in [0.717, 1.165) is 12.2 Å². The summed E-state index contributed by atoms with van der Waals surface area (Å²) in [6, 6.07) is -0.787. The van der Waals surface area contributed by atoms with Gasteiger partial charge in [0.05, 0.1) is 5.92 Å². The predicted octanol–water partition coefficient (Wildman–Crippen LogP) is 0.146. The minimum atomic E-state index is -0.932. The summed E-state index contributed by atoms with van der Waals surface area (Å²) >= 11 is 0. The lowest BCUT2D eigenvalue weighted by molar-refractivity contribution is -0.141. The number of aliphatic carboxylic acids is 1. The van der Waals surface area contributed by atoms with E-state index in [1.165, 1.54) is 6.33 Å². The normalized spacial score (nSPS) is 13.6. The molecule has 0 aliphatic rings. The molecule has 8 nitrogen and oxygen atoms in total. The molecule has 4 N–H and O–H groups in total. The van der Waals surface area contributed by atoms with Crippen LogP contribution in [-0.4, -0.2) is 44.9 Å². The van der Waals surface area contributed by atoms with Crippen LogP contribution in [0.5, 0.6) is 0 Å². The molecule has 1 rings (SSSR count). The standard InChI is InChI=1S/C11H19N5O3/c1-7(10(17)18)8(2)15-11(19)12-5-3-4-9-13-6-14-16-9/h6-8H,3-5H2,1-2H3,(H,17,18)(H2,12,15,19)(H,13,14,16). The average molecular weight is 269 g/mol. The first-order chi connectivity index (χ1) is 9.00. The lowest BCUT2D eigenvalue weighted by Gasteiger charge is -2.18. The number of nitrogens with one attached hydrogen (secondary N) is 3. The molecule has 1 aromatic rings. The van der Waals surface area contributed by atoms with Gasteiger partial charge < -0.3 is 15.7 Å². The smallest absolute Gasteiger partial charge is 0.315 e. The van der Waals surface area contributed by atoms with E-state index < -0.39 is 17.9 Å². The number of hydrogen-bond acceptors (Lipinski definition) is 4. The number of carboxylic acid groups (broad SMARTS) is 1. The number of H-pyrrole nitrogens is 1. The van der Waals surface area contributed by atoms with Crippen LogP contribution < -0.4 is 10.6 Å². The Kier molecular flexibility index (Phi) is 5.77. The highest BCUT2D eigenvalue weighted by atomic mass is 16.4. The molecule has 0 spiro atoms. The largest absolute Gasteiger partial charge is 0.481 e. The van der Waals surface area contributed by atoms with Crippen LogP contribution in [0.1, 0.15) is 26.1 Å². The summed E-state index contributed by atoms with van der Waals surface area (Å²) in [7, 11) is 0. The Morgan fingerprint density at radius 2 is 2.21 bits per heavy atom. The SMILES string of the molecule is CC(NC(=O)NCCCc1ncn[nH]1)C(C)C(=O)O. The van der Waals surface area contributed by atoms with Gasteiger partial charge in [0.2, 0.25) is 0 Å². The van der Waals surface area contributed by atoms with E-state index in [-0.39, 0.29) is 6.03 Å². The van der Waals surface area contributed by atoms with Gasteiger partial charge in [0.25, 0.3) is 0 Å². The molecule has 19 heavy (non-hydrogen) atoms. The highest BCUT2D eigenvalue weighted by Crippen LogP contribution is 2.01. The second-order valence-electron chi connectivity index (χ2n) is 4.35. The van der Waals surface area contributed by atoms with E-state index in [9.17, 15) is 9.59 Å². The Balaban J connectivity index is 2.15. The van der Waals surface area contributed by atoms with Gasteiger partial charge in [0.15, 0.2) is 0 Å². The molecular formula is C11H19N5O3. The first-order valence-electron chi connectivity index (χ1n) is 6.12. The van der Waals surface area contributed by atoms with Crippen LogP contribution in [-0.2, 0) is 11.2 Å². The maximum atomic E-state index is 11.5. The number of amides is 2. The van der Waals surface area contributed by atoms with Crippen LogP contribution >= 0.6 is 0 Å². The quantitative estimate of drug-likeness (QED) is 0.525. The molecule has 0 saturated carbocycles. The van der Waals surface area contributed by atoms with Crippen molar-refractivity contribution in [2.24, 2.45) is 5.92 Å². The molecule has 106 valence electrons. The fourth-order valence-corrected chi connectivity index (χ4v) is 1.41. The van der Waals surface area contributed by atoms with E-state index in [1.54, 1.807) is 13.8 Å². The maximum Gasteiger partial charge on any atom is 0.315 e. The second kappa shape index (κ2) is 7.34. The fourth-order valence-electron chi connectivity index (χ4n) is 1.41. The Morgan fingerprint density at radius 1 is 1.47 bits per heavy atom. The zero-order valence-corrected chi connectivity index (χ0v) is 11.0. The molecule has 0 saturated heterocycles. The van der Waals surface area contributed by atoms with Crippen LogP contribution in [0, 0.1) is 5.92 Å². The van der Waals surface area contributed by atoms with Crippen molar-refractivity contribution in [1.29, 1.82) is 0 Å². The number of aryl methyl sites for hydroxylation is 1. The van der Waals surface area contributed by atoms with Gasteiger partial charge in [-0.1, -0.05) is 0 Å². The minimum absolute atomic E-state index is 0.363. The minimum Gasteiger partial charge on any atom is -0.481 e. The third-order valence-electron chi connectivity index (χ3n) is 2.84. The highest BCUT2D eigenvalue weighted by Gasteiger charge is 2.20. The summed E-state index contributed by atoms with van der Waals surface area (Å²) in [5.74, 6) is -0.784. The molecule has 8 heteroatoms. The Labute approximate surface area is 111 Å². The zero-order chi connectivity index (χ0) is 14.3. The van der Waals surface area contributed by atoms with Crippen LogP contribution in [0.15, 0.2) is 6.33 Å². The monoisotopic (exact) mass is 269 g/mol. The van der Waals surface area contributed by atoms with E-state index >= 15 is 0 Å². The topological polar surface area (TPSA) is 120 Å². The lowest BCUT2D eigenvalue weighted by Crippen LogP contribution is -2.45. The number of carbonyl (C=O) groups excluding carboxylic acids is 1. The lowest BCUT2D eigenvalue weighted by atomic mass is 10.0. The summed E-state index contributed by atoms with van der Waals surface area (Å²) in [4.78, 5) is 26.2. The van der Waals surface area contributed by atoms with Gasteiger partial charge in [0, 0.05) is 19.0 Å². The van der Waals surface area contributed by atoms with Crippen molar-refractivity contribution < 1.29 is 14.7 Å². The molecule has 0 bridgehead atoms. The molecule has 2 amide bonds. The van der Waals surface area contributed by atoms with E-state index in [1.807, 2.05) is 0 Å². The van der Waals surface area contributed by atoms with Gasteiger partial charge in [-0.3, -0.25) is 9.89 Å². The molecule has 1 aromatic heterocycles. The van der Waals surface area contributed by atoms with E-state index in [4.69, 9.17) is 5.11 Å². The molecule has 0 aliphatic heterocycles. The van der Waals surface area contributed by atoms with Gasteiger partial charge in [-0.25, -0.2) is 9.78 Å². The number of carboxylic acids is 1. The van der Waals surface area contributed by atoms with Crippen LogP contribution in [0.4, 0.5) is 4.79 Å². The Morgan fingerprint density at radius 3 is 2.79 bits per heavy atom. The Bertz CT molecular complexity index is 406. The van der Waals surface area contributed by atoms with Crippen LogP contribution in [0.25, 0.3) is 0 Å². The molecule has 0 fully saturated rings. The third-order valence-corrected chi connectivity index (χ3v) is 2.84. The summed E-state index contributed by atoms with van der Waals surface area (Å²) in [6.45, 7) is 3.70. The summed E-state index contributed by atoms with van der Waals surface area (Å²) in [5, 5.41) is 20.5. The van der Waals surface area contributed by atoms with Crippen LogP contribution in [0.2, 0.25) is 0 Å². The highest BCUT2D eigenvalue weighted by molar-refractivity contribution is 5.76. The molecule has 2 unspecified atom stereocenters. The van der Waals surface area contributed by atoms with Crippen molar-refractivity contribution in [3.05, 3.63) is 12.2 Å². The summed E-state index contributed by atoms with van der Waals surface area (Å²) in [5.41, 5.74) is 0. The number of rotatable bonds is 7. The molecule has 2 atom stereocenters. The van der Waals surface area contributed by atoms with Crippen molar-refractivity contribution in [1.82, 2.24) is 25.8 Å². The van der Waals surface area contributed by atoms with E-state index in [2.05, 4.69) is 25.8 Å². The third kappa shape index (κ3) is 5.36. The van der Waals surface area contributed by atoms with Gasteiger partial charge >= 0.3 is 12.0 Å². The number of carbonyl (C=O) groups is 2. The molecule has 0 aliphatic carbocycles. The van der Waals surface area contributed by atoms with E-state index in [0.29, 0.717) is 13.0 Å². The Hall–Kier alpha value is -2.12. The van der Waals surface area contributed by atoms with Crippen molar-refractivity contribution in [3.63, 3.8) is 0 Å². The average Bonchev–Trinajstić information content (AvgIpc) is 2.86. The van der Waals surface area contributed by atoms with Crippen molar-refractivity contribution in [3.8, 4) is 0 Å². The molecule has 0 radical (unpaired) electrons. The van der Waals surface area contributed by atoms with Crippen molar-refractivity contribution in [2.75, 3.05) is 6.54 Å². The predicted molar refractivity (Wildman–Crippen MR) is 67.5 cm³/mol. The van der Waals surface area contributed by atoms with Crippen molar-refractivity contribution in [2.45, 2.75) is 32.7 Å². The molecular weight excluding hydrogens is 250 g/mol. The molecule has 0 aromatic carbocycles. The first kappa shape index (κ1) is 14.9.